The average molecular weight is 321 g/mol. The molecule has 0 amide bonds. The third-order valence-corrected chi connectivity index (χ3v) is 4.73. The number of benzene rings is 1. The first-order valence-electron chi connectivity index (χ1n) is 8.55. The van der Waals surface area contributed by atoms with Crippen molar-refractivity contribution in [3.63, 3.8) is 0 Å². The zero-order valence-electron chi connectivity index (χ0n) is 14.7. The zero-order valence-corrected chi connectivity index (χ0v) is 14.7. The van der Waals surface area contributed by atoms with Gasteiger partial charge < -0.3 is 14.2 Å². The molecule has 3 heterocycles. The lowest BCUT2D eigenvalue weighted by atomic mass is 10.1. The molecule has 0 unspecified atom stereocenters. The Labute approximate surface area is 142 Å². The molecule has 1 aliphatic heterocycles. The third kappa shape index (κ3) is 2.25. The van der Waals surface area contributed by atoms with Crippen LogP contribution in [0.2, 0.25) is 0 Å². The number of pyridine rings is 1. The maximum absolute atomic E-state index is 6.14. The molecule has 0 spiro atoms. The lowest BCUT2D eigenvalue weighted by Gasteiger charge is -2.31. The number of hydrogen-bond donors (Lipinski definition) is 0. The molecule has 2 aromatic heterocycles. The summed E-state index contributed by atoms with van der Waals surface area (Å²) in [6.07, 6.45) is 6.40. The summed E-state index contributed by atoms with van der Waals surface area (Å²) in [7, 11) is 0. The van der Waals surface area contributed by atoms with Crippen LogP contribution in [0.5, 0.6) is 0 Å². The van der Waals surface area contributed by atoms with Gasteiger partial charge in [0.25, 0.3) is 0 Å². The second kappa shape index (κ2) is 5.55. The Hall–Kier alpha value is -2.49. The van der Waals surface area contributed by atoms with Gasteiger partial charge in [-0.15, -0.1) is 0 Å². The van der Waals surface area contributed by atoms with Gasteiger partial charge in [0.1, 0.15) is 6.17 Å². The van der Waals surface area contributed by atoms with Gasteiger partial charge >= 0.3 is 0 Å². The van der Waals surface area contributed by atoms with Crippen LogP contribution in [0.1, 0.15) is 26.3 Å². The fourth-order valence-corrected chi connectivity index (χ4v) is 3.54. The standard InChI is InChI=1S/C20H23N3O/c1-13(2)12-22-10-11-23(15(22)4)18-14(3)7-8-16-17-6-5-9-21-20(17)24-19(16)18/h5-11,13,15H,12H2,1-4H3/t15-/m0/s1. The summed E-state index contributed by atoms with van der Waals surface area (Å²) in [5, 5.41) is 2.20. The van der Waals surface area contributed by atoms with Gasteiger partial charge in [0.2, 0.25) is 5.71 Å². The molecule has 124 valence electrons. The average Bonchev–Trinajstić information content (AvgIpc) is 3.09. The van der Waals surface area contributed by atoms with Crippen LogP contribution in [0.3, 0.4) is 0 Å². The highest BCUT2D eigenvalue weighted by Gasteiger charge is 2.27. The first-order valence-corrected chi connectivity index (χ1v) is 8.55. The maximum Gasteiger partial charge on any atom is 0.227 e. The van der Waals surface area contributed by atoms with Crippen LogP contribution in [-0.2, 0) is 0 Å². The highest BCUT2D eigenvalue weighted by atomic mass is 16.3. The van der Waals surface area contributed by atoms with E-state index >= 15 is 0 Å². The predicted molar refractivity (Wildman–Crippen MR) is 98.9 cm³/mol. The van der Waals surface area contributed by atoms with E-state index < -0.39 is 0 Å². The van der Waals surface area contributed by atoms with Gasteiger partial charge in [0, 0.05) is 35.9 Å². The molecule has 1 atom stereocenters. The molecule has 0 fully saturated rings. The Morgan fingerprint density at radius 1 is 1.17 bits per heavy atom. The van der Waals surface area contributed by atoms with Gasteiger partial charge in [-0.1, -0.05) is 26.0 Å². The van der Waals surface area contributed by atoms with Gasteiger partial charge in [-0.25, -0.2) is 4.98 Å². The molecule has 4 nitrogen and oxygen atoms in total. The summed E-state index contributed by atoms with van der Waals surface area (Å²) in [5.74, 6) is 0.629. The number of aryl methyl sites for hydroxylation is 1. The summed E-state index contributed by atoms with van der Waals surface area (Å²) >= 11 is 0. The van der Waals surface area contributed by atoms with E-state index in [0.29, 0.717) is 11.6 Å². The van der Waals surface area contributed by atoms with Gasteiger partial charge in [0.05, 0.1) is 5.69 Å². The van der Waals surface area contributed by atoms with E-state index in [-0.39, 0.29) is 6.17 Å². The van der Waals surface area contributed by atoms with Crippen molar-refractivity contribution < 1.29 is 4.42 Å². The molecule has 0 saturated heterocycles. The summed E-state index contributed by atoms with van der Waals surface area (Å²) in [6, 6.07) is 8.34. The molecule has 0 N–H and O–H groups in total. The first kappa shape index (κ1) is 15.1. The normalized spacial score (nSPS) is 17.8. The van der Waals surface area contributed by atoms with Crippen LogP contribution in [0, 0.1) is 12.8 Å². The van der Waals surface area contributed by atoms with E-state index in [9.17, 15) is 0 Å². The molecule has 4 rings (SSSR count). The largest absolute Gasteiger partial charge is 0.435 e. The lowest BCUT2D eigenvalue weighted by molar-refractivity contribution is 0.284. The van der Waals surface area contributed by atoms with E-state index in [1.165, 1.54) is 5.56 Å². The monoisotopic (exact) mass is 321 g/mol. The minimum atomic E-state index is 0.276. The van der Waals surface area contributed by atoms with Crippen molar-refractivity contribution in [1.82, 2.24) is 9.88 Å². The molecular formula is C20H23N3O. The SMILES string of the molecule is Cc1ccc2c(oc3ncccc32)c1N1C=CN(CC(C)C)[C@@H]1C. The Morgan fingerprint density at radius 3 is 2.79 bits per heavy atom. The summed E-state index contributed by atoms with van der Waals surface area (Å²) < 4.78 is 6.14. The van der Waals surface area contributed by atoms with Crippen molar-refractivity contribution in [1.29, 1.82) is 0 Å². The molecule has 0 bridgehead atoms. The molecular weight excluding hydrogens is 298 g/mol. The third-order valence-electron chi connectivity index (χ3n) is 4.73. The van der Waals surface area contributed by atoms with E-state index in [1.54, 1.807) is 6.20 Å². The maximum atomic E-state index is 6.14. The predicted octanol–water partition coefficient (Wildman–Crippen LogP) is 4.88. The summed E-state index contributed by atoms with van der Waals surface area (Å²) in [4.78, 5) is 9.06. The Balaban J connectivity index is 1.85. The summed E-state index contributed by atoms with van der Waals surface area (Å²) in [6.45, 7) is 9.92. The molecule has 0 aliphatic carbocycles. The molecule has 24 heavy (non-hydrogen) atoms. The Morgan fingerprint density at radius 2 is 2.00 bits per heavy atom. The van der Waals surface area contributed by atoms with Gasteiger partial charge in [-0.3, -0.25) is 0 Å². The minimum Gasteiger partial charge on any atom is -0.435 e. The van der Waals surface area contributed by atoms with Crippen LogP contribution in [0.15, 0.2) is 47.3 Å². The van der Waals surface area contributed by atoms with Gasteiger partial charge in [-0.05, 0) is 37.5 Å². The number of anilines is 1. The number of rotatable bonds is 3. The first-order chi connectivity index (χ1) is 11.6. The van der Waals surface area contributed by atoms with Crippen molar-refractivity contribution >= 4 is 27.8 Å². The zero-order chi connectivity index (χ0) is 16.8. The van der Waals surface area contributed by atoms with Crippen LogP contribution in [0.4, 0.5) is 5.69 Å². The number of furan rings is 1. The van der Waals surface area contributed by atoms with E-state index in [4.69, 9.17) is 4.42 Å². The van der Waals surface area contributed by atoms with Crippen LogP contribution in [0.25, 0.3) is 22.1 Å². The van der Waals surface area contributed by atoms with Crippen molar-refractivity contribution in [2.75, 3.05) is 11.4 Å². The summed E-state index contributed by atoms with van der Waals surface area (Å²) in [5.41, 5.74) is 3.98. The number of fused-ring (bicyclic) bond motifs is 3. The van der Waals surface area contributed by atoms with E-state index in [2.05, 4.69) is 73.1 Å². The molecule has 1 aromatic carbocycles. The minimum absolute atomic E-state index is 0.276. The van der Waals surface area contributed by atoms with Crippen LogP contribution in [-0.4, -0.2) is 22.6 Å². The Kier molecular flexibility index (Phi) is 3.48. The van der Waals surface area contributed by atoms with Crippen molar-refractivity contribution in [2.24, 2.45) is 5.92 Å². The van der Waals surface area contributed by atoms with Crippen molar-refractivity contribution in [2.45, 2.75) is 33.9 Å². The van der Waals surface area contributed by atoms with Crippen LogP contribution >= 0.6 is 0 Å². The molecule has 0 saturated carbocycles. The van der Waals surface area contributed by atoms with Crippen molar-refractivity contribution in [3.8, 4) is 0 Å². The fourth-order valence-electron chi connectivity index (χ4n) is 3.54. The Bertz CT molecular complexity index is 925. The molecule has 0 radical (unpaired) electrons. The molecule has 4 heteroatoms. The topological polar surface area (TPSA) is 32.5 Å². The van der Waals surface area contributed by atoms with Crippen LogP contribution < -0.4 is 4.90 Å². The second-order valence-electron chi connectivity index (χ2n) is 6.99. The lowest BCUT2D eigenvalue weighted by Crippen LogP contribution is -2.38. The second-order valence-corrected chi connectivity index (χ2v) is 6.99. The number of nitrogens with zero attached hydrogens (tertiary/aromatic N) is 3. The quantitative estimate of drug-likeness (QED) is 0.688. The number of hydrogen-bond acceptors (Lipinski definition) is 4. The van der Waals surface area contributed by atoms with E-state index in [0.717, 1.165) is 28.6 Å². The molecule has 3 aromatic rings. The number of aromatic nitrogens is 1. The molecule has 1 aliphatic rings. The van der Waals surface area contributed by atoms with E-state index in [1.807, 2.05) is 6.07 Å². The highest BCUT2D eigenvalue weighted by Crippen LogP contribution is 2.39. The highest BCUT2D eigenvalue weighted by molar-refractivity contribution is 6.08. The fraction of sp³-hybridized carbons (Fsp3) is 0.350. The van der Waals surface area contributed by atoms with Crippen molar-refractivity contribution in [3.05, 3.63) is 48.4 Å². The van der Waals surface area contributed by atoms with Gasteiger partial charge in [0.15, 0.2) is 5.58 Å². The van der Waals surface area contributed by atoms with Gasteiger partial charge in [-0.2, -0.15) is 0 Å². The smallest absolute Gasteiger partial charge is 0.227 e.